The Morgan fingerprint density at radius 3 is 2.71 bits per heavy atom. The number of likely N-dealkylation sites (tertiary alicyclic amines) is 1. The summed E-state index contributed by atoms with van der Waals surface area (Å²) in [6.07, 6.45) is 0.379. The minimum absolute atomic E-state index is 0.237. The number of nitrogens with zero attached hydrogens (tertiary/aromatic N) is 1. The molecule has 0 aromatic carbocycles. The third-order valence-corrected chi connectivity index (χ3v) is 2.82. The third-order valence-electron chi connectivity index (χ3n) is 2.82. The maximum absolute atomic E-state index is 9.51. The lowest BCUT2D eigenvalue weighted by molar-refractivity contribution is 0.0399. The molecule has 0 amide bonds. The van der Waals surface area contributed by atoms with Gasteiger partial charge in [-0.1, -0.05) is 0 Å². The third kappa shape index (κ3) is 3.53. The van der Waals surface area contributed by atoms with Crippen LogP contribution in [0.1, 0.15) is 13.3 Å². The number of methoxy groups -OCH3 is 1. The largest absolute Gasteiger partial charge is 0.393 e. The molecule has 0 radical (unpaired) electrons. The van der Waals surface area contributed by atoms with Crippen LogP contribution < -0.4 is 0 Å². The van der Waals surface area contributed by atoms with Crippen LogP contribution in [-0.4, -0.2) is 60.7 Å². The molecule has 1 aliphatic heterocycles. The van der Waals surface area contributed by atoms with Crippen molar-refractivity contribution in [2.24, 2.45) is 5.92 Å². The molecule has 2 N–H and O–H groups in total. The van der Waals surface area contributed by atoms with Gasteiger partial charge in [0.1, 0.15) is 0 Å². The van der Waals surface area contributed by atoms with Crippen molar-refractivity contribution in [2.75, 3.05) is 33.4 Å². The van der Waals surface area contributed by atoms with E-state index in [9.17, 15) is 10.2 Å². The Morgan fingerprint density at radius 1 is 1.50 bits per heavy atom. The van der Waals surface area contributed by atoms with E-state index < -0.39 is 6.10 Å². The zero-order valence-corrected chi connectivity index (χ0v) is 9.02. The zero-order valence-electron chi connectivity index (χ0n) is 9.02. The topological polar surface area (TPSA) is 52.9 Å². The van der Waals surface area contributed by atoms with E-state index >= 15 is 0 Å². The highest BCUT2D eigenvalue weighted by Gasteiger charge is 2.26. The van der Waals surface area contributed by atoms with Crippen LogP contribution in [-0.2, 0) is 4.74 Å². The summed E-state index contributed by atoms with van der Waals surface area (Å²) in [5.74, 6) is 0.366. The van der Waals surface area contributed by atoms with Gasteiger partial charge >= 0.3 is 0 Å². The van der Waals surface area contributed by atoms with Crippen LogP contribution in [0.2, 0.25) is 0 Å². The van der Waals surface area contributed by atoms with Gasteiger partial charge < -0.3 is 19.8 Å². The molecule has 3 unspecified atom stereocenters. The number of aliphatic hydroxyl groups is 2. The number of ether oxygens (including phenoxy) is 1. The molecule has 0 saturated carbocycles. The lowest BCUT2D eigenvalue weighted by Crippen LogP contribution is -2.34. The second kappa shape index (κ2) is 5.66. The normalized spacial score (nSPS) is 27.9. The minimum atomic E-state index is -0.409. The summed E-state index contributed by atoms with van der Waals surface area (Å²) >= 11 is 0. The molecular formula is C10H21NO3. The van der Waals surface area contributed by atoms with E-state index in [-0.39, 0.29) is 6.10 Å². The van der Waals surface area contributed by atoms with Crippen molar-refractivity contribution in [2.45, 2.75) is 25.6 Å². The van der Waals surface area contributed by atoms with E-state index in [1.807, 2.05) is 6.92 Å². The lowest BCUT2D eigenvalue weighted by atomic mass is 10.0. The highest BCUT2D eigenvalue weighted by atomic mass is 16.5. The molecule has 0 aromatic heterocycles. The van der Waals surface area contributed by atoms with Gasteiger partial charge in [-0.15, -0.1) is 0 Å². The molecule has 0 spiro atoms. The average molecular weight is 203 g/mol. The van der Waals surface area contributed by atoms with Gasteiger partial charge in [-0.25, -0.2) is 0 Å². The molecule has 1 saturated heterocycles. The van der Waals surface area contributed by atoms with Crippen LogP contribution in [0.25, 0.3) is 0 Å². The molecule has 0 aromatic rings. The summed E-state index contributed by atoms with van der Waals surface area (Å²) in [5.41, 5.74) is 0. The first-order chi connectivity index (χ1) is 6.63. The lowest BCUT2D eigenvalue weighted by Gasteiger charge is -2.20. The Labute approximate surface area is 85.5 Å². The second-order valence-electron chi connectivity index (χ2n) is 4.16. The Kier molecular flexibility index (Phi) is 4.81. The summed E-state index contributed by atoms with van der Waals surface area (Å²) < 4.78 is 4.86. The number of hydrogen-bond acceptors (Lipinski definition) is 4. The van der Waals surface area contributed by atoms with Gasteiger partial charge in [-0.3, -0.25) is 0 Å². The molecule has 14 heavy (non-hydrogen) atoms. The van der Waals surface area contributed by atoms with Crippen molar-refractivity contribution in [3.63, 3.8) is 0 Å². The summed E-state index contributed by atoms with van der Waals surface area (Å²) in [4.78, 5) is 2.18. The second-order valence-corrected chi connectivity index (χ2v) is 4.16. The SMILES string of the molecule is COCC(O)CN1CCC(C(C)O)C1. The summed E-state index contributed by atoms with van der Waals surface area (Å²) in [7, 11) is 1.59. The number of hydrogen-bond donors (Lipinski definition) is 2. The highest BCUT2D eigenvalue weighted by molar-refractivity contribution is 4.80. The molecule has 0 bridgehead atoms. The van der Waals surface area contributed by atoms with E-state index in [2.05, 4.69) is 4.90 Å². The Hall–Kier alpha value is -0.160. The van der Waals surface area contributed by atoms with Gasteiger partial charge in [0.15, 0.2) is 0 Å². The van der Waals surface area contributed by atoms with Gasteiger partial charge in [0.25, 0.3) is 0 Å². The van der Waals surface area contributed by atoms with E-state index in [0.29, 0.717) is 19.1 Å². The van der Waals surface area contributed by atoms with Gasteiger partial charge in [-0.05, 0) is 25.8 Å². The summed E-state index contributed by atoms with van der Waals surface area (Å²) in [6, 6.07) is 0. The Morgan fingerprint density at radius 2 is 2.21 bits per heavy atom. The number of rotatable bonds is 5. The first-order valence-corrected chi connectivity index (χ1v) is 5.21. The molecule has 4 nitrogen and oxygen atoms in total. The smallest absolute Gasteiger partial charge is 0.0900 e. The van der Waals surface area contributed by atoms with E-state index in [1.54, 1.807) is 7.11 Å². The Balaban J connectivity index is 2.21. The predicted octanol–water partition coefficient (Wildman–Crippen LogP) is -0.304. The maximum atomic E-state index is 9.51. The van der Waals surface area contributed by atoms with Crippen LogP contribution >= 0.6 is 0 Å². The van der Waals surface area contributed by atoms with Crippen LogP contribution in [0.3, 0.4) is 0 Å². The van der Waals surface area contributed by atoms with Crippen molar-refractivity contribution >= 4 is 0 Å². The van der Waals surface area contributed by atoms with E-state index in [4.69, 9.17) is 4.74 Å². The van der Waals surface area contributed by atoms with Crippen molar-refractivity contribution < 1.29 is 14.9 Å². The zero-order chi connectivity index (χ0) is 10.6. The molecular weight excluding hydrogens is 182 g/mol. The molecule has 84 valence electrons. The van der Waals surface area contributed by atoms with Gasteiger partial charge in [0.05, 0.1) is 18.8 Å². The quantitative estimate of drug-likeness (QED) is 0.644. The molecule has 4 heteroatoms. The van der Waals surface area contributed by atoms with Crippen molar-refractivity contribution in [1.29, 1.82) is 0 Å². The van der Waals surface area contributed by atoms with Crippen molar-refractivity contribution in [3.05, 3.63) is 0 Å². The van der Waals surface area contributed by atoms with Gasteiger partial charge in [0.2, 0.25) is 0 Å². The molecule has 1 aliphatic rings. The molecule has 1 fully saturated rings. The van der Waals surface area contributed by atoms with Crippen LogP contribution in [0.5, 0.6) is 0 Å². The fourth-order valence-electron chi connectivity index (χ4n) is 1.97. The van der Waals surface area contributed by atoms with Crippen molar-refractivity contribution in [3.8, 4) is 0 Å². The predicted molar refractivity (Wildman–Crippen MR) is 54.1 cm³/mol. The van der Waals surface area contributed by atoms with Crippen molar-refractivity contribution in [1.82, 2.24) is 4.90 Å². The molecule has 1 rings (SSSR count). The molecule has 1 heterocycles. The Bertz CT molecular complexity index is 163. The summed E-state index contributed by atoms with van der Waals surface area (Å²) in [5, 5.41) is 18.9. The summed E-state index contributed by atoms with van der Waals surface area (Å²) in [6.45, 7) is 4.72. The number of β-amino-alcohol motifs (C(OH)–C–C–N with tert-alkyl or cyclic N) is 1. The minimum Gasteiger partial charge on any atom is -0.393 e. The van der Waals surface area contributed by atoms with Crippen LogP contribution in [0.15, 0.2) is 0 Å². The monoisotopic (exact) mass is 203 g/mol. The fraction of sp³-hybridized carbons (Fsp3) is 1.00. The highest BCUT2D eigenvalue weighted by Crippen LogP contribution is 2.19. The maximum Gasteiger partial charge on any atom is 0.0900 e. The fourth-order valence-corrected chi connectivity index (χ4v) is 1.97. The molecule has 3 atom stereocenters. The van der Waals surface area contributed by atoms with Gasteiger partial charge in [-0.2, -0.15) is 0 Å². The average Bonchev–Trinajstić information content (AvgIpc) is 2.53. The van der Waals surface area contributed by atoms with E-state index in [1.165, 1.54) is 0 Å². The van der Waals surface area contributed by atoms with E-state index in [0.717, 1.165) is 19.5 Å². The van der Waals surface area contributed by atoms with Gasteiger partial charge in [0, 0.05) is 20.2 Å². The van der Waals surface area contributed by atoms with Crippen LogP contribution in [0, 0.1) is 5.92 Å². The standard InChI is InChI=1S/C10H21NO3/c1-8(12)9-3-4-11(5-9)6-10(13)7-14-2/h8-10,12-13H,3-7H2,1-2H3. The van der Waals surface area contributed by atoms with Crippen LogP contribution in [0.4, 0.5) is 0 Å². The molecule has 0 aliphatic carbocycles. The first kappa shape index (κ1) is 11.9. The number of aliphatic hydroxyl groups excluding tert-OH is 2. The first-order valence-electron chi connectivity index (χ1n) is 5.21.